The van der Waals surface area contributed by atoms with Gasteiger partial charge in [-0.1, -0.05) is 36.4 Å². The van der Waals surface area contributed by atoms with Gasteiger partial charge in [-0.05, 0) is 28.8 Å². The fourth-order valence-electron chi connectivity index (χ4n) is 4.40. The maximum atomic E-state index is 10.6. The number of nitrogen functional groups attached to an aromatic ring is 1. The zero-order valence-corrected chi connectivity index (χ0v) is 20.5. The van der Waals surface area contributed by atoms with Crippen molar-refractivity contribution in [1.82, 2.24) is 19.5 Å². The lowest BCUT2D eigenvalue weighted by Gasteiger charge is -2.19. The number of ether oxygens (including phenoxy) is 2. The molecule has 2 aromatic carbocycles. The summed E-state index contributed by atoms with van der Waals surface area (Å²) in [5.74, 6) is 1.22. The molecule has 200 valence electrons. The van der Waals surface area contributed by atoms with Gasteiger partial charge in [0.15, 0.2) is 23.2 Å². The van der Waals surface area contributed by atoms with Gasteiger partial charge in [0.05, 0.1) is 13.2 Å². The summed E-state index contributed by atoms with van der Waals surface area (Å²) in [5, 5.41) is 42.6. The first kappa shape index (κ1) is 25.8. The van der Waals surface area contributed by atoms with Gasteiger partial charge in [-0.3, -0.25) is 4.57 Å². The first-order valence-corrected chi connectivity index (χ1v) is 12.3. The Kier molecular flexibility index (Phi) is 7.67. The number of aliphatic hydroxyl groups is 4. The Labute approximate surface area is 218 Å². The van der Waals surface area contributed by atoms with E-state index in [4.69, 9.17) is 20.3 Å². The smallest absolute Gasteiger partial charge is 0.207 e. The van der Waals surface area contributed by atoms with Gasteiger partial charge in [0.25, 0.3) is 0 Å². The Morgan fingerprint density at radius 3 is 2.58 bits per heavy atom. The van der Waals surface area contributed by atoms with E-state index in [9.17, 15) is 15.3 Å². The number of aromatic nitrogens is 4. The molecule has 2 aromatic heterocycles. The van der Waals surface area contributed by atoms with Gasteiger partial charge < -0.3 is 41.0 Å². The van der Waals surface area contributed by atoms with Crippen molar-refractivity contribution < 1.29 is 29.9 Å². The standard InChI is InChI=1S/C26H30N6O6/c27-23-20-24(30-14-29-23)32(25-22(36)21(35)19(13-34)38-25)26(31-20)28-12-15-5-7-16(8-6-15)17-3-1-4-18(11-17)37-10-2-9-33/h1,3-8,11,14,19,21-22,25,33-36H,2,9-10,12-13H2,(H,28,31)(H2,27,29,30)/t19-,21-,22-,25-/m1/s1. The number of hydrogen-bond donors (Lipinski definition) is 6. The molecule has 3 heterocycles. The number of nitrogens with one attached hydrogen (secondary N) is 1. The molecule has 0 aliphatic carbocycles. The molecule has 1 fully saturated rings. The molecular formula is C26H30N6O6. The lowest BCUT2D eigenvalue weighted by molar-refractivity contribution is -0.0501. The summed E-state index contributed by atoms with van der Waals surface area (Å²) in [6.45, 7) is 0.474. The predicted octanol–water partition coefficient (Wildman–Crippen LogP) is 1.06. The molecule has 4 atom stereocenters. The van der Waals surface area contributed by atoms with Crippen molar-refractivity contribution in [3.63, 3.8) is 0 Å². The van der Waals surface area contributed by atoms with E-state index in [2.05, 4.69) is 20.3 Å². The SMILES string of the molecule is Nc1ncnc2c1nc(NCc1ccc(-c3cccc(OCCCO)c3)cc1)n2[C@@H]1O[C@H](CO)[C@@H](O)[C@H]1O. The molecule has 1 aliphatic rings. The van der Waals surface area contributed by atoms with E-state index in [-0.39, 0.29) is 12.4 Å². The van der Waals surface area contributed by atoms with E-state index in [1.165, 1.54) is 10.9 Å². The number of rotatable bonds is 10. The van der Waals surface area contributed by atoms with Crippen LogP contribution in [0.2, 0.25) is 0 Å². The largest absolute Gasteiger partial charge is 0.493 e. The zero-order chi connectivity index (χ0) is 26.6. The number of imidazole rings is 1. The lowest BCUT2D eigenvalue weighted by atomic mass is 10.0. The lowest BCUT2D eigenvalue weighted by Crippen LogP contribution is -2.33. The minimum absolute atomic E-state index is 0.0889. The zero-order valence-electron chi connectivity index (χ0n) is 20.5. The van der Waals surface area contributed by atoms with Gasteiger partial charge in [-0.15, -0.1) is 0 Å². The van der Waals surface area contributed by atoms with Crippen LogP contribution in [0, 0.1) is 0 Å². The third-order valence-electron chi connectivity index (χ3n) is 6.42. The summed E-state index contributed by atoms with van der Waals surface area (Å²) in [7, 11) is 0. The first-order chi connectivity index (χ1) is 18.5. The molecule has 12 heteroatoms. The normalized spacial score (nSPS) is 21.2. The maximum Gasteiger partial charge on any atom is 0.207 e. The van der Waals surface area contributed by atoms with E-state index in [1.807, 2.05) is 48.5 Å². The van der Waals surface area contributed by atoms with Crippen molar-refractivity contribution in [2.24, 2.45) is 0 Å². The number of anilines is 2. The second kappa shape index (κ2) is 11.3. The highest BCUT2D eigenvalue weighted by molar-refractivity contribution is 5.84. The second-order valence-corrected chi connectivity index (χ2v) is 8.97. The number of aliphatic hydroxyl groups excluding tert-OH is 4. The summed E-state index contributed by atoms with van der Waals surface area (Å²) in [6, 6.07) is 15.7. The average Bonchev–Trinajstić information content (AvgIpc) is 3.45. The van der Waals surface area contributed by atoms with Gasteiger partial charge in [0.1, 0.15) is 30.4 Å². The van der Waals surface area contributed by atoms with Crippen LogP contribution in [-0.4, -0.2) is 78.1 Å². The highest BCUT2D eigenvalue weighted by Crippen LogP contribution is 2.35. The van der Waals surface area contributed by atoms with Crippen LogP contribution < -0.4 is 15.8 Å². The molecule has 4 aromatic rings. The van der Waals surface area contributed by atoms with Crippen LogP contribution in [0.15, 0.2) is 54.9 Å². The van der Waals surface area contributed by atoms with Crippen molar-refractivity contribution in [1.29, 1.82) is 0 Å². The molecule has 1 aliphatic heterocycles. The second-order valence-electron chi connectivity index (χ2n) is 8.97. The van der Waals surface area contributed by atoms with E-state index in [0.29, 0.717) is 36.7 Å². The van der Waals surface area contributed by atoms with Crippen LogP contribution in [0.5, 0.6) is 5.75 Å². The number of benzene rings is 2. The highest BCUT2D eigenvalue weighted by Gasteiger charge is 2.45. The van der Waals surface area contributed by atoms with E-state index >= 15 is 0 Å². The molecule has 0 bridgehead atoms. The monoisotopic (exact) mass is 522 g/mol. The van der Waals surface area contributed by atoms with Crippen molar-refractivity contribution >= 4 is 22.9 Å². The summed E-state index contributed by atoms with van der Waals surface area (Å²) >= 11 is 0. The van der Waals surface area contributed by atoms with Crippen LogP contribution in [0.1, 0.15) is 18.2 Å². The molecule has 1 saturated heterocycles. The molecule has 7 N–H and O–H groups in total. The fraction of sp³-hybridized carbons (Fsp3) is 0.346. The van der Waals surface area contributed by atoms with Crippen molar-refractivity contribution in [3.8, 4) is 16.9 Å². The Morgan fingerprint density at radius 2 is 1.84 bits per heavy atom. The first-order valence-electron chi connectivity index (χ1n) is 12.3. The quantitative estimate of drug-likeness (QED) is 0.164. The fourth-order valence-corrected chi connectivity index (χ4v) is 4.40. The number of hydrogen-bond acceptors (Lipinski definition) is 11. The number of nitrogens with zero attached hydrogens (tertiary/aromatic N) is 4. The predicted molar refractivity (Wildman–Crippen MR) is 139 cm³/mol. The molecule has 0 radical (unpaired) electrons. The molecule has 38 heavy (non-hydrogen) atoms. The van der Waals surface area contributed by atoms with Crippen LogP contribution in [0.3, 0.4) is 0 Å². The Hall–Kier alpha value is -3.81. The molecule has 0 spiro atoms. The molecular weight excluding hydrogens is 492 g/mol. The Balaban J connectivity index is 1.35. The minimum Gasteiger partial charge on any atom is -0.493 e. The maximum absolute atomic E-state index is 10.6. The number of fused-ring (bicyclic) bond motifs is 1. The van der Waals surface area contributed by atoms with Crippen molar-refractivity contribution in [3.05, 3.63) is 60.4 Å². The van der Waals surface area contributed by atoms with Crippen LogP contribution >= 0.6 is 0 Å². The van der Waals surface area contributed by atoms with Gasteiger partial charge >= 0.3 is 0 Å². The molecule has 12 nitrogen and oxygen atoms in total. The third-order valence-corrected chi connectivity index (χ3v) is 6.42. The Bertz CT molecular complexity index is 1380. The summed E-state index contributed by atoms with van der Waals surface area (Å²) in [6.07, 6.45) is -2.73. The summed E-state index contributed by atoms with van der Waals surface area (Å²) < 4.78 is 12.9. The molecule has 0 amide bonds. The van der Waals surface area contributed by atoms with Crippen molar-refractivity contribution in [2.45, 2.75) is 37.5 Å². The van der Waals surface area contributed by atoms with E-state index in [0.717, 1.165) is 22.4 Å². The van der Waals surface area contributed by atoms with Gasteiger partial charge in [-0.2, -0.15) is 0 Å². The third kappa shape index (κ3) is 5.12. The van der Waals surface area contributed by atoms with Crippen molar-refractivity contribution in [2.75, 3.05) is 30.9 Å². The summed E-state index contributed by atoms with van der Waals surface area (Å²) in [5.41, 5.74) is 9.64. The topological polar surface area (TPSA) is 181 Å². The average molecular weight is 523 g/mol. The minimum atomic E-state index is -1.32. The number of nitrogens with two attached hydrogens (primary N) is 1. The molecule has 5 rings (SSSR count). The van der Waals surface area contributed by atoms with E-state index in [1.54, 1.807) is 0 Å². The summed E-state index contributed by atoms with van der Waals surface area (Å²) in [4.78, 5) is 12.8. The highest BCUT2D eigenvalue weighted by atomic mass is 16.6. The Morgan fingerprint density at radius 1 is 1.03 bits per heavy atom. The van der Waals surface area contributed by atoms with Gasteiger partial charge in [0.2, 0.25) is 5.95 Å². The van der Waals surface area contributed by atoms with Gasteiger partial charge in [-0.25, -0.2) is 15.0 Å². The van der Waals surface area contributed by atoms with Gasteiger partial charge in [0, 0.05) is 19.6 Å². The molecule has 0 saturated carbocycles. The van der Waals surface area contributed by atoms with E-state index < -0.39 is 31.1 Å². The van der Waals surface area contributed by atoms with Crippen LogP contribution in [0.4, 0.5) is 11.8 Å². The van der Waals surface area contributed by atoms with Crippen LogP contribution in [-0.2, 0) is 11.3 Å². The van der Waals surface area contributed by atoms with Crippen LogP contribution in [0.25, 0.3) is 22.3 Å². The molecule has 0 unspecified atom stereocenters.